The van der Waals surface area contributed by atoms with Gasteiger partial charge in [0, 0.05) is 11.3 Å². The number of hydrogen-bond acceptors (Lipinski definition) is 4. The number of nitrogens with two attached hydrogens (primary N) is 1. The van der Waals surface area contributed by atoms with Crippen LogP contribution in [0, 0.1) is 12.3 Å². The summed E-state index contributed by atoms with van der Waals surface area (Å²) >= 11 is 0. The molecular weight excluding hydrogens is 488 g/mol. The Morgan fingerprint density at radius 2 is 1.54 bits per heavy atom. The average Bonchev–Trinajstić information content (AvgIpc) is 2.93. The number of carbonyl (C=O) groups excluding carboxylic acids is 2. The van der Waals surface area contributed by atoms with E-state index in [4.69, 9.17) is 15.9 Å². The van der Waals surface area contributed by atoms with E-state index < -0.39 is 17.7 Å². The first kappa shape index (κ1) is 27.1. The van der Waals surface area contributed by atoms with Crippen molar-refractivity contribution in [2.75, 3.05) is 5.32 Å². The standard InChI is InChI=1S/C32H32N4O3/c1-21-7-6-8-23(19-21)20-39-28-17-13-24(14-18-28)22(2)35-31(37)29(25-9-4-3-5-10-25)32(38)36-27-15-11-26(12-16-27)30(33)34/h3-19,22,29H,20H2,1-2H3,(H3,33,34)(H,35,37)(H,36,38). The molecule has 0 aliphatic carbocycles. The average molecular weight is 521 g/mol. The number of hydrogen-bond donors (Lipinski definition) is 4. The fourth-order valence-electron chi connectivity index (χ4n) is 4.22. The number of carbonyl (C=O) groups is 2. The minimum Gasteiger partial charge on any atom is -0.489 e. The molecule has 39 heavy (non-hydrogen) atoms. The van der Waals surface area contributed by atoms with Gasteiger partial charge < -0.3 is 21.1 Å². The van der Waals surface area contributed by atoms with E-state index in [2.05, 4.69) is 16.7 Å². The molecule has 0 saturated heterocycles. The van der Waals surface area contributed by atoms with Crippen LogP contribution in [0.4, 0.5) is 5.69 Å². The SMILES string of the molecule is Cc1cccc(COc2ccc(C(C)NC(=O)C(C(=O)Nc3ccc(C(=N)N)cc3)c3ccccc3)cc2)c1. The van der Waals surface area contributed by atoms with Gasteiger partial charge in [-0.05, 0) is 66.9 Å². The Bertz CT molecular complexity index is 1430. The maximum atomic E-state index is 13.4. The van der Waals surface area contributed by atoms with Crippen molar-refractivity contribution in [3.8, 4) is 5.75 Å². The fourth-order valence-corrected chi connectivity index (χ4v) is 4.22. The number of amidine groups is 1. The number of benzene rings is 4. The van der Waals surface area contributed by atoms with Crippen molar-refractivity contribution in [3.05, 3.63) is 131 Å². The van der Waals surface area contributed by atoms with Gasteiger partial charge in [-0.1, -0.05) is 72.3 Å². The molecule has 2 atom stereocenters. The van der Waals surface area contributed by atoms with Crippen LogP contribution in [-0.2, 0) is 16.2 Å². The molecule has 4 aromatic rings. The van der Waals surface area contributed by atoms with Crippen LogP contribution in [0.1, 0.15) is 46.7 Å². The molecule has 0 radical (unpaired) electrons. The van der Waals surface area contributed by atoms with Gasteiger partial charge in [0.05, 0.1) is 6.04 Å². The Balaban J connectivity index is 1.43. The van der Waals surface area contributed by atoms with E-state index in [1.807, 2.05) is 62.4 Å². The van der Waals surface area contributed by atoms with Crippen LogP contribution < -0.4 is 21.1 Å². The molecule has 0 aliphatic heterocycles. The van der Waals surface area contributed by atoms with E-state index in [-0.39, 0.29) is 11.9 Å². The number of amides is 2. The van der Waals surface area contributed by atoms with E-state index in [9.17, 15) is 9.59 Å². The molecule has 0 aliphatic rings. The molecule has 0 bridgehead atoms. The molecule has 0 spiro atoms. The minimum atomic E-state index is -1.06. The maximum absolute atomic E-state index is 13.4. The van der Waals surface area contributed by atoms with Crippen LogP contribution in [0.5, 0.6) is 5.75 Å². The number of nitrogens with one attached hydrogen (secondary N) is 3. The highest BCUT2D eigenvalue weighted by Crippen LogP contribution is 2.23. The molecule has 4 aromatic carbocycles. The maximum Gasteiger partial charge on any atom is 0.241 e. The van der Waals surface area contributed by atoms with Gasteiger partial charge in [0.25, 0.3) is 0 Å². The molecule has 2 amide bonds. The molecule has 0 saturated carbocycles. The lowest BCUT2D eigenvalue weighted by Gasteiger charge is -2.21. The molecule has 7 heteroatoms. The largest absolute Gasteiger partial charge is 0.489 e. The molecule has 4 rings (SSSR count). The lowest BCUT2D eigenvalue weighted by Crippen LogP contribution is -2.37. The first-order valence-corrected chi connectivity index (χ1v) is 12.7. The summed E-state index contributed by atoms with van der Waals surface area (Å²) in [5, 5.41) is 13.3. The molecular formula is C32H32N4O3. The highest BCUT2D eigenvalue weighted by Gasteiger charge is 2.29. The Hall–Kier alpha value is -4.91. The van der Waals surface area contributed by atoms with Crippen molar-refractivity contribution in [1.29, 1.82) is 5.41 Å². The number of ether oxygens (including phenoxy) is 1. The van der Waals surface area contributed by atoms with Crippen molar-refractivity contribution in [2.24, 2.45) is 5.73 Å². The van der Waals surface area contributed by atoms with Gasteiger partial charge in [0.2, 0.25) is 11.8 Å². The van der Waals surface area contributed by atoms with E-state index in [0.717, 1.165) is 16.9 Å². The number of rotatable bonds is 10. The van der Waals surface area contributed by atoms with Gasteiger partial charge in [-0.2, -0.15) is 0 Å². The van der Waals surface area contributed by atoms with Gasteiger partial charge in [0.15, 0.2) is 0 Å². The Morgan fingerprint density at radius 1 is 0.846 bits per heavy atom. The summed E-state index contributed by atoms with van der Waals surface area (Å²) in [5.41, 5.74) is 10.3. The Morgan fingerprint density at radius 3 is 2.18 bits per heavy atom. The summed E-state index contributed by atoms with van der Waals surface area (Å²) in [5.74, 6) is -1.25. The first-order valence-electron chi connectivity index (χ1n) is 12.7. The normalized spacial score (nSPS) is 12.2. The molecule has 5 N–H and O–H groups in total. The zero-order chi connectivity index (χ0) is 27.8. The number of nitrogen functional groups attached to an aromatic ring is 1. The van der Waals surface area contributed by atoms with Gasteiger partial charge in [-0.15, -0.1) is 0 Å². The summed E-state index contributed by atoms with van der Waals surface area (Å²) in [6.45, 7) is 4.40. The Labute approximate surface area is 228 Å². The summed E-state index contributed by atoms with van der Waals surface area (Å²) in [6, 6.07) is 30.9. The molecule has 7 nitrogen and oxygen atoms in total. The summed E-state index contributed by atoms with van der Waals surface area (Å²) in [7, 11) is 0. The van der Waals surface area contributed by atoms with Crippen molar-refractivity contribution < 1.29 is 14.3 Å². The molecule has 0 fully saturated rings. The highest BCUT2D eigenvalue weighted by atomic mass is 16.5. The predicted octanol–water partition coefficient (Wildman–Crippen LogP) is 5.46. The minimum absolute atomic E-state index is 0.0609. The topological polar surface area (TPSA) is 117 Å². The highest BCUT2D eigenvalue weighted by molar-refractivity contribution is 6.11. The zero-order valence-corrected chi connectivity index (χ0v) is 22.0. The number of anilines is 1. The summed E-state index contributed by atoms with van der Waals surface area (Å²) in [4.78, 5) is 26.7. The van der Waals surface area contributed by atoms with Gasteiger partial charge in [-0.3, -0.25) is 15.0 Å². The van der Waals surface area contributed by atoms with Crippen LogP contribution in [0.2, 0.25) is 0 Å². The molecule has 2 unspecified atom stereocenters. The third-order valence-electron chi connectivity index (χ3n) is 6.35. The van der Waals surface area contributed by atoms with Crippen LogP contribution >= 0.6 is 0 Å². The second-order valence-electron chi connectivity index (χ2n) is 9.40. The van der Waals surface area contributed by atoms with Crippen LogP contribution in [0.15, 0.2) is 103 Å². The van der Waals surface area contributed by atoms with Crippen LogP contribution in [0.25, 0.3) is 0 Å². The number of aryl methyl sites for hydroxylation is 1. The van der Waals surface area contributed by atoms with E-state index >= 15 is 0 Å². The van der Waals surface area contributed by atoms with Gasteiger partial charge in [0.1, 0.15) is 24.1 Å². The lowest BCUT2D eigenvalue weighted by atomic mass is 9.96. The van der Waals surface area contributed by atoms with Gasteiger partial charge in [-0.25, -0.2) is 0 Å². The van der Waals surface area contributed by atoms with Crippen molar-refractivity contribution in [1.82, 2.24) is 5.32 Å². The Kier molecular flexibility index (Phi) is 8.74. The lowest BCUT2D eigenvalue weighted by molar-refractivity contribution is -0.129. The van der Waals surface area contributed by atoms with E-state index in [1.54, 1.807) is 48.5 Å². The third kappa shape index (κ3) is 7.32. The second kappa shape index (κ2) is 12.6. The quantitative estimate of drug-likeness (QED) is 0.126. The van der Waals surface area contributed by atoms with Crippen LogP contribution in [0.3, 0.4) is 0 Å². The van der Waals surface area contributed by atoms with Crippen molar-refractivity contribution in [2.45, 2.75) is 32.4 Å². The van der Waals surface area contributed by atoms with Crippen molar-refractivity contribution in [3.63, 3.8) is 0 Å². The van der Waals surface area contributed by atoms with E-state index in [0.29, 0.717) is 23.4 Å². The molecule has 0 heterocycles. The van der Waals surface area contributed by atoms with Crippen molar-refractivity contribution >= 4 is 23.3 Å². The van der Waals surface area contributed by atoms with Gasteiger partial charge >= 0.3 is 0 Å². The molecule has 198 valence electrons. The first-order chi connectivity index (χ1) is 18.8. The molecule has 0 aromatic heterocycles. The summed E-state index contributed by atoms with van der Waals surface area (Å²) in [6.07, 6.45) is 0. The van der Waals surface area contributed by atoms with Crippen LogP contribution in [-0.4, -0.2) is 17.6 Å². The predicted molar refractivity (Wildman–Crippen MR) is 154 cm³/mol. The third-order valence-corrected chi connectivity index (χ3v) is 6.35. The fraction of sp³-hybridized carbons (Fsp3) is 0.156. The van der Waals surface area contributed by atoms with E-state index in [1.165, 1.54) is 5.56 Å². The monoisotopic (exact) mass is 520 g/mol. The smallest absolute Gasteiger partial charge is 0.241 e. The summed E-state index contributed by atoms with van der Waals surface area (Å²) < 4.78 is 5.91. The second-order valence-corrected chi connectivity index (χ2v) is 9.40. The zero-order valence-electron chi connectivity index (χ0n) is 22.0.